The summed E-state index contributed by atoms with van der Waals surface area (Å²) < 4.78 is 31.1. The molecule has 1 amide bonds. The van der Waals surface area contributed by atoms with Gasteiger partial charge in [0.2, 0.25) is 0 Å². The predicted octanol–water partition coefficient (Wildman–Crippen LogP) is 1.90. The lowest BCUT2D eigenvalue weighted by Gasteiger charge is -2.37. The standard InChI is InChI=1S/C11H20F2N2O2/c1-10(2,3)17-9(16)15-11(8(12)13)5-4-6-14-7-11/h8,14H,4-7H2,1-3H3,(H,15,16). The number of nitrogens with one attached hydrogen (secondary N) is 2. The van der Waals surface area contributed by atoms with Crippen LogP contribution in [0.3, 0.4) is 0 Å². The van der Waals surface area contributed by atoms with Gasteiger partial charge in [0.15, 0.2) is 0 Å². The SMILES string of the molecule is CC(C)(C)OC(=O)NC1(C(F)F)CCCNC1. The van der Waals surface area contributed by atoms with Gasteiger partial charge in [0.05, 0.1) is 0 Å². The maximum absolute atomic E-state index is 13.1. The molecule has 6 heteroatoms. The van der Waals surface area contributed by atoms with Crippen molar-refractivity contribution in [3.8, 4) is 0 Å². The van der Waals surface area contributed by atoms with Crippen LogP contribution >= 0.6 is 0 Å². The minimum absolute atomic E-state index is 0.0733. The zero-order valence-electron chi connectivity index (χ0n) is 10.5. The van der Waals surface area contributed by atoms with E-state index in [4.69, 9.17) is 4.74 Å². The van der Waals surface area contributed by atoms with Crippen molar-refractivity contribution < 1.29 is 18.3 Å². The Kier molecular flexibility index (Phi) is 4.30. The van der Waals surface area contributed by atoms with Crippen molar-refractivity contribution in [2.45, 2.75) is 51.2 Å². The Hall–Kier alpha value is -0.910. The van der Waals surface area contributed by atoms with Gasteiger partial charge in [0.25, 0.3) is 6.43 Å². The van der Waals surface area contributed by atoms with Crippen LogP contribution in [0.1, 0.15) is 33.6 Å². The second-order valence-electron chi connectivity index (χ2n) is 5.36. The molecule has 4 nitrogen and oxygen atoms in total. The second-order valence-corrected chi connectivity index (χ2v) is 5.36. The summed E-state index contributed by atoms with van der Waals surface area (Å²) in [5.74, 6) is 0. The summed E-state index contributed by atoms with van der Waals surface area (Å²) in [6.45, 7) is 5.86. The smallest absolute Gasteiger partial charge is 0.408 e. The van der Waals surface area contributed by atoms with Crippen molar-refractivity contribution in [2.75, 3.05) is 13.1 Å². The van der Waals surface area contributed by atoms with Crippen LogP contribution in [0, 0.1) is 0 Å². The summed E-state index contributed by atoms with van der Waals surface area (Å²) in [6.07, 6.45) is -2.53. The van der Waals surface area contributed by atoms with Gasteiger partial charge in [-0.25, -0.2) is 13.6 Å². The van der Waals surface area contributed by atoms with Gasteiger partial charge in [-0.2, -0.15) is 0 Å². The monoisotopic (exact) mass is 250 g/mol. The molecule has 2 N–H and O–H groups in total. The molecule has 1 heterocycles. The van der Waals surface area contributed by atoms with E-state index in [0.29, 0.717) is 13.0 Å². The maximum Gasteiger partial charge on any atom is 0.408 e. The Morgan fingerprint density at radius 3 is 2.53 bits per heavy atom. The second kappa shape index (κ2) is 5.16. The third kappa shape index (κ3) is 4.11. The number of carbonyl (C=O) groups is 1. The van der Waals surface area contributed by atoms with E-state index >= 15 is 0 Å². The van der Waals surface area contributed by atoms with Crippen molar-refractivity contribution >= 4 is 6.09 Å². The first-order chi connectivity index (χ1) is 7.75. The van der Waals surface area contributed by atoms with Crippen LogP contribution in [0.4, 0.5) is 13.6 Å². The zero-order chi connectivity index (χ0) is 13.1. The molecule has 0 bridgehead atoms. The van der Waals surface area contributed by atoms with Crippen LogP contribution in [-0.4, -0.2) is 36.7 Å². The average Bonchev–Trinajstić information content (AvgIpc) is 2.15. The van der Waals surface area contributed by atoms with Crippen LogP contribution in [0.15, 0.2) is 0 Å². The number of alkyl carbamates (subject to hydrolysis) is 1. The van der Waals surface area contributed by atoms with E-state index in [1.807, 2.05) is 0 Å². The van der Waals surface area contributed by atoms with Gasteiger partial charge in [-0.1, -0.05) is 0 Å². The normalized spacial score (nSPS) is 25.8. The van der Waals surface area contributed by atoms with Crippen molar-refractivity contribution in [3.63, 3.8) is 0 Å². The number of alkyl halides is 2. The highest BCUT2D eigenvalue weighted by atomic mass is 19.3. The molecule has 1 fully saturated rings. The lowest BCUT2D eigenvalue weighted by Crippen LogP contribution is -2.62. The molecular formula is C11H20F2N2O2. The van der Waals surface area contributed by atoms with Gasteiger partial charge in [-0.05, 0) is 40.2 Å². The summed E-state index contributed by atoms with van der Waals surface area (Å²) >= 11 is 0. The number of hydrogen-bond acceptors (Lipinski definition) is 3. The molecule has 1 unspecified atom stereocenters. The number of carbonyl (C=O) groups excluding carboxylic acids is 1. The first kappa shape index (κ1) is 14.2. The minimum atomic E-state index is -2.61. The van der Waals surface area contributed by atoms with Crippen LogP contribution in [0.2, 0.25) is 0 Å². The Morgan fingerprint density at radius 1 is 1.47 bits per heavy atom. The van der Waals surface area contributed by atoms with E-state index in [0.717, 1.165) is 0 Å². The fourth-order valence-electron chi connectivity index (χ4n) is 1.78. The molecule has 1 aliphatic rings. The first-order valence-electron chi connectivity index (χ1n) is 5.75. The molecule has 0 spiro atoms. The maximum atomic E-state index is 13.1. The minimum Gasteiger partial charge on any atom is -0.444 e. The molecule has 0 aromatic heterocycles. The van der Waals surface area contributed by atoms with Gasteiger partial charge >= 0.3 is 6.09 Å². The number of piperidine rings is 1. The highest BCUT2D eigenvalue weighted by Gasteiger charge is 2.43. The fraction of sp³-hybridized carbons (Fsp3) is 0.909. The van der Waals surface area contributed by atoms with Crippen molar-refractivity contribution in [1.82, 2.24) is 10.6 Å². The number of amides is 1. The summed E-state index contributed by atoms with van der Waals surface area (Å²) in [4.78, 5) is 11.5. The summed E-state index contributed by atoms with van der Waals surface area (Å²) in [5, 5.41) is 5.19. The van der Waals surface area contributed by atoms with E-state index < -0.39 is 23.7 Å². The fourth-order valence-corrected chi connectivity index (χ4v) is 1.78. The lowest BCUT2D eigenvalue weighted by atomic mass is 9.91. The molecule has 1 saturated heterocycles. The van der Waals surface area contributed by atoms with Crippen LogP contribution in [-0.2, 0) is 4.74 Å². The Bertz CT molecular complexity index is 271. The van der Waals surface area contributed by atoms with Gasteiger partial charge in [0.1, 0.15) is 11.1 Å². The highest BCUT2D eigenvalue weighted by molar-refractivity contribution is 5.69. The van der Waals surface area contributed by atoms with Crippen LogP contribution in [0.5, 0.6) is 0 Å². The first-order valence-corrected chi connectivity index (χ1v) is 5.75. The molecular weight excluding hydrogens is 230 g/mol. The van der Waals surface area contributed by atoms with E-state index in [1.54, 1.807) is 20.8 Å². The third-order valence-electron chi connectivity index (χ3n) is 2.58. The van der Waals surface area contributed by atoms with Gasteiger partial charge < -0.3 is 15.4 Å². The quantitative estimate of drug-likeness (QED) is 0.787. The van der Waals surface area contributed by atoms with E-state index in [1.165, 1.54) is 0 Å². The predicted molar refractivity (Wildman–Crippen MR) is 60.2 cm³/mol. The van der Waals surface area contributed by atoms with Gasteiger partial charge in [-0.3, -0.25) is 0 Å². The number of hydrogen-bond donors (Lipinski definition) is 2. The number of halogens is 2. The molecule has 0 aromatic rings. The van der Waals surface area contributed by atoms with Crippen molar-refractivity contribution in [2.24, 2.45) is 0 Å². The molecule has 1 rings (SSSR count). The summed E-state index contributed by atoms with van der Waals surface area (Å²) in [7, 11) is 0. The van der Waals surface area contributed by atoms with Crippen molar-refractivity contribution in [1.29, 1.82) is 0 Å². The molecule has 0 radical (unpaired) electrons. The van der Waals surface area contributed by atoms with Crippen molar-refractivity contribution in [3.05, 3.63) is 0 Å². The molecule has 1 atom stereocenters. The summed E-state index contributed by atoms with van der Waals surface area (Å²) in [6, 6.07) is 0. The number of ether oxygens (including phenoxy) is 1. The van der Waals surface area contributed by atoms with Crippen LogP contribution in [0.25, 0.3) is 0 Å². The van der Waals surface area contributed by atoms with Gasteiger partial charge in [-0.15, -0.1) is 0 Å². The molecule has 0 aliphatic carbocycles. The topological polar surface area (TPSA) is 50.4 Å². The Labute approximate surface area is 100 Å². The third-order valence-corrected chi connectivity index (χ3v) is 2.58. The van der Waals surface area contributed by atoms with E-state index in [9.17, 15) is 13.6 Å². The summed E-state index contributed by atoms with van der Waals surface area (Å²) in [5.41, 5.74) is -2.18. The highest BCUT2D eigenvalue weighted by Crippen LogP contribution is 2.24. The van der Waals surface area contributed by atoms with E-state index in [2.05, 4.69) is 10.6 Å². The molecule has 1 aliphatic heterocycles. The Balaban J connectivity index is 2.64. The molecule has 0 aromatic carbocycles. The largest absolute Gasteiger partial charge is 0.444 e. The lowest BCUT2D eigenvalue weighted by molar-refractivity contribution is -0.00293. The van der Waals surface area contributed by atoms with Crippen LogP contribution < -0.4 is 10.6 Å². The van der Waals surface area contributed by atoms with Gasteiger partial charge in [0, 0.05) is 6.54 Å². The zero-order valence-corrected chi connectivity index (χ0v) is 10.5. The molecule has 100 valence electrons. The average molecular weight is 250 g/mol. The Morgan fingerprint density at radius 2 is 2.12 bits per heavy atom. The molecule has 17 heavy (non-hydrogen) atoms. The molecule has 0 saturated carbocycles. The van der Waals surface area contributed by atoms with E-state index in [-0.39, 0.29) is 13.0 Å². The number of rotatable bonds is 2.